The van der Waals surface area contributed by atoms with Crippen LogP contribution in [0.3, 0.4) is 0 Å². The van der Waals surface area contributed by atoms with E-state index in [2.05, 4.69) is 19.9 Å². The molecule has 2 aromatic heterocycles. The summed E-state index contributed by atoms with van der Waals surface area (Å²) in [4.78, 5) is 28.4. The van der Waals surface area contributed by atoms with Gasteiger partial charge in [0.15, 0.2) is 5.16 Å². The van der Waals surface area contributed by atoms with Crippen molar-refractivity contribution in [3.8, 4) is 0 Å². The number of benzene rings is 2. The maximum absolute atomic E-state index is 13.3. The van der Waals surface area contributed by atoms with Crippen molar-refractivity contribution in [3.05, 3.63) is 117 Å². The van der Waals surface area contributed by atoms with Gasteiger partial charge >= 0.3 is 0 Å². The van der Waals surface area contributed by atoms with Crippen molar-refractivity contribution in [1.82, 2.24) is 19.9 Å². The van der Waals surface area contributed by atoms with E-state index in [1.165, 1.54) is 42.4 Å². The molecule has 0 fully saturated rings. The molecule has 8 heteroatoms. The van der Waals surface area contributed by atoms with Gasteiger partial charge in [-0.1, -0.05) is 36.0 Å². The van der Waals surface area contributed by atoms with Crippen molar-refractivity contribution in [2.45, 2.75) is 23.8 Å². The third-order valence-corrected chi connectivity index (χ3v) is 5.59. The van der Waals surface area contributed by atoms with E-state index in [9.17, 15) is 13.6 Å². The lowest BCUT2D eigenvalue weighted by Gasteiger charge is -2.11. The summed E-state index contributed by atoms with van der Waals surface area (Å²) in [5, 5.41) is 0.472. The smallest absolute Gasteiger partial charge is 0.255 e. The summed E-state index contributed by atoms with van der Waals surface area (Å²) in [6, 6.07) is 12.3. The molecular weight excluding hydrogens is 418 g/mol. The average molecular weight is 436 g/mol. The number of hydrogen-bond acceptors (Lipinski definition) is 5. The number of rotatable bonds is 7. The average Bonchev–Trinajstić information content (AvgIpc) is 2.78. The molecule has 0 radical (unpaired) electrons. The first-order valence-corrected chi connectivity index (χ1v) is 10.5. The van der Waals surface area contributed by atoms with E-state index < -0.39 is 0 Å². The zero-order valence-corrected chi connectivity index (χ0v) is 17.2. The molecule has 0 spiro atoms. The molecule has 2 heterocycles. The van der Waals surface area contributed by atoms with Gasteiger partial charge in [-0.25, -0.2) is 23.7 Å². The van der Waals surface area contributed by atoms with Crippen molar-refractivity contribution < 1.29 is 8.78 Å². The Labute approximate surface area is 181 Å². The maximum Gasteiger partial charge on any atom is 0.255 e. The standard InChI is InChI=1S/C23H18F2N4OS/c24-18-5-1-15(2-6-18)10-21-20(9-17-11-26-14-27-12-17)22(30)29-23(28-21)31-13-16-3-7-19(25)8-4-16/h1-8,11-12,14H,9-10,13H2,(H,28,29,30). The fourth-order valence-corrected chi connectivity index (χ4v) is 3.91. The predicted octanol–water partition coefficient (Wildman–Crippen LogP) is 4.31. The molecule has 31 heavy (non-hydrogen) atoms. The minimum Gasteiger partial charge on any atom is -0.301 e. The minimum absolute atomic E-state index is 0.238. The van der Waals surface area contributed by atoms with E-state index in [0.717, 1.165) is 16.7 Å². The first kappa shape index (κ1) is 20.9. The van der Waals surface area contributed by atoms with Crippen LogP contribution in [-0.2, 0) is 18.6 Å². The summed E-state index contributed by atoms with van der Waals surface area (Å²) in [7, 11) is 0. The molecule has 156 valence electrons. The fraction of sp³-hybridized carbons (Fsp3) is 0.130. The third kappa shape index (κ3) is 5.61. The molecule has 0 aliphatic carbocycles. The van der Waals surface area contributed by atoms with Crippen LogP contribution in [0.25, 0.3) is 0 Å². The number of thioether (sulfide) groups is 1. The van der Waals surface area contributed by atoms with Crippen LogP contribution in [-0.4, -0.2) is 19.9 Å². The molecule has 4 rings (SSSR count). The largest absolute Gasteiger partial charge is 0.301 e. The molecule has 0 aliphatic heterocycles. The molecule has 0 amide bonds. The highest BCUT2D eigenvalue weighted by Gasteiger charge is 2.14. The fourth-order valence-electron chi connectivity index (χ4n) is 3.07. The van der Waals surface area contributed by atoms with Crippen molar-refractivity contribution in [3.63, 3.8) is 0 Å². The van der Waals surface area contributed by atoms with E-state index in [4.69, 9.17) is 0 Å². The predicted molar refractivity (Wildman–Crippen MR) is 115 cm³/mol. The highest BCUT2D eigenvalue weighted by Crippen LogP contribution is 2.21. The molecule has 5 nitrogen and oxygen atoms in total. The zero-order valence-electron chi connectivity index (χ0n) is 16.4. The Hall–Kier alpha value is -3.39. The summed E-state index contributed by atoms with van der Waals surface area (Å²) in [5.41, 5.74) is 3.45. The van der Waals surface area contributed by atoms with Crippen LogP contribution in [0.5, 0.6) is 0 Å². The molecule has 0 unspecified atom stereocenters. The van der Waals surface area contributed by atoms with Crippen molar-refractivity contribution in [2.75, 3.05) is 0 Å². The molecule has 1 N–H and O–H groups in total. The quantitative estimate of drug-likeness (QED) is 0.345. The Morgan fingerprint density at radius 3 is 2.06 bits per heavy atom. The van der Waals surface area contributed by atoms with Crippen LogP contribution in [0.2, 0.25) is 0 Å². The van der Waals surface area contributed by atoms with Gasteiger partial charge in [-0.05, 0) is 41.0 Å². The molecular formula is C23H18F2N4OS. The Balaban J connectivity index is 1.64. The van der Waals surface area contributed by atoms with Gasteiger partial charge in [0.25, 0.3) is 5.56 Å². The molecule has 0 atom stereocenters. The van der Waals surface area contributed by atoms with Crippen LogP contribution in [0.4, 0.5) is 8.78 Å². The van der Waals surface area contributed by atoms with Gasteiger partial charge in [-0.3, -0.25) is 4.79 Å². The van der Waals surface area contributed by atoms with E-state index in [1.54, 1.807) is 36.7 Å². The van der Waals surface area contributed by atoms with Gasteiger partial charge in [0, 0.05) is 36.6 Å². The number of nitrogens with one attached hydrogen (secondary N) is 1. The van der Waals surface area contributed by atoms with Crippen molar-refractivity contribution >= 4 is 11.8 Å². The monoisotopic (exact) mass is 436 g/mol. The van der Waals surface area contributed by atoms with Crippen LogP contribution in [0.1, 0.15) is 27.9 Å². The summed E-state index contributed by atoms with van der Waals surface area (Å²) in [6.07, 6.45) is 5.47. The summed E-state index contributed by atoms with van der Waals surface area (Å²) in [6.45, 7) is 0. The highest BCUT2D eigenvalue weighted by molar-refractivity contribution is 7.98. The summed E-state index contributed by atoms with van der Waals surface area (Å²) < 4.78 is 26.4. The Bertz CT molecular complexity index is 1210. The number of halogens is 2. The number of aromatic amines is 1. The van der Waals surface area contributed by atoms with Crippen molar-refractivity contribution in [2.24, 2.45) is 0 Å². The first-order chi connectivity index (χ1) is 15.1. The number of aromatic nitrogens is 4. The Kier molecular flexibility index (Phi) is 6.47. The number of H-pyrrole nitrogens is 1. The summed E-state index contributed by atoms with van der Waals surface area (Å²) in [5.74, 6) is -0.0821. The molecule has 0 aliphatic rings. The van der Waals surface area contributed by atoms with Gasteiger partial charge < -0.3 is 4.98 Å². The van der Waals surface area contributed by atoms with Gasteiger partial charge in [-0.15, -0.1) is 0 Å². The maximum atomic E-state index is 13.3. The second kappa shape index (κ2) is 9.61. The van der Waals surface area contributed by atoms with Gasteiger partial charge in [0.1, 0.15) is 18.0 Å². The van der Waals surface area contributed by atoms with Gasteiger partial charge in [0.05, 0.1) is 5.69 Å². The minimum atomic E-state index is -0.320. The van der Waals surface area contributed by atoms with Gasteiger partial charge in [-0.2, -0.15) is 0 Å². The SMILES string of the molecule is O=c1[nH]c(SCc2ccc(F)cc2)nc(Cc2ccc(F)cc2)c1Cc1cncnc1. The third-order valence-electron chi connectivity index (χ3n) is 4.65. The summed E-state index contributed by atoms with van der Waals surface area (Å²) >= 11 is 1.36. The lowest BCUT2D eigenvalue weighted by Crippen LogP contribution is -2.19. The van der Waals surface area contributed by atoms with E-state index in [-0.39, 0.29) is 17.2 Å². The van der Waals surface area contributed by atoms with Crippen LogP contribution < -0.4 is 5.56 Å². The first-order valence-electron chi connectivity index (χ1n) is 9.54. The normalized spacial score (nSPS) is 10.9. The number of nitrogens with zero attached hydrogens (tertiary/aromatic N) is 3. The molecule has 2 aromatic carbocycles. The van der Waals surface area contributed by atoms with E-state index >= 15 is 0 Å². The molecule has 0 saturated carbocycles. The highest BCUT2D eigenvalue weighted by atomic mass is 32.2. The Morgan fingerprint density at radius 2 is 1.42 bits per heavy atom. The lowest BCUT2D eigenvalue weighted by molar-refractivity contribution is 0.626. The second-order valence-corrected chi connectivity index (χ2v) is 7.90. The Morgan fingerprint density at radius 1 is 0.806 bits per heavy atom. The van der Waals surface area contributed by atoms with Crippen LogP contribution in [0.15, 0.2) is 77.2 Å². The zero-order chi connectivity index (χ0) is 21.6. The number of hydrogen-bond donors (Lipinski definition) is 1. The van der Waals surface area contributed by atoms with Crippen LogP contribution >= 0.6 is 11.8 Å². The molecule has 4 aromatic rings. The topological polar surface area (TPSA) is 71.5 Å². The molecule has 0 saturated heterocycles. The van der Waals surface area contributed by atoms with Gasteiger partial charge in [0.2, 0.25) is 0 Å². The van der Waals surface area contributed by atoms with Crippen molar-refractivity contribution in [1.29, 1.82) is 0 Å². The second-order valence-electron chi connectivity index (χ2n) is 6.94. The van der Waals surface area contributed by atoms with E-state index in [0.29, 0.717) is 35.0 Å². The van der Waals surface area contributed by atoms with Crippen LogP contribution in [0, 0.1) is 11.6 Å². The lowest BCUT2D eigenvalue weighted by atomic mass is 10.0. The van der Waals surface area contributed by atoms with E-state index in [1.807, 2.05) is 0 Å². The molecule has 0 bridgehead atoms.